The zero-order valence-electron chi connectivity index (χ0n) is 14.3. The Morgan fingerprint density at radius 3 is 2.67 bits per heavy atom. The molecule has 0 aliphatic rings. The van der Waals surface area contributed by atoms with Crippen LogP contribution in [0.1, 0.15) is 30.9 Å². The number of para-hydroxylation sites is 1. The first-order chi connectivity index (χ1) is 11.4. The quantitative estimate of drug-likeness (QED) is 0.728. The molecular weight excluding hydrogens is 308 g/mol. The third-order valence-electron chi connectivity index (χ3n) is 3.58. The van der Waals surface area contributed by atoms with Gasteiger partial charge in [-0.2, -0.15) is 0 Å². The van der Waals surface area contributed by atoms with E-state index in [4.69, 9.17) is 9.15 Å². The van der Waals surface area contributed by atoms with Crippen LogP contribution >= 0.6 is 0 Å². The SMILES string of the molecule is CCOc1ccccc1CNC(=O)NC[C@@](C)(O)c1ccc(C)o1. The molecule has 0 unspecified atom stereocenters. The molecular formula is C18H24N2O4. The lowest BCUT2D eigenvalue weighted by molar-refractivity contribution is 0.0359. The van der Waals surface area contributed by atoms with Crippen LogP contribution < -0.4 is 15.4 Å². The second kappa shape index (κ2) is 7.88. The predicted octanol–water partition coefficient (Wildman–Crippen LogP) is 2.69. The Morgan fingerprint density at radius 1 is 1.25 bits per heavy atom. The average Bonchev–Trinajstić information content (AvgIpc) is 3.00. The maximum absolute atomic E-state index is 12.0. The van der Waals surface area contributed by atoms with Crippen LogP contribution in [0.15, 0.2) is 40.8 Å². The number of carbonyl (C=O) groups excluding carboxylic acids is 1. The first kappa shape index (κ1) is 17.9. The van der Waals surface area contributed by atoms with E-state index in [1.807, 2.05) is 31.2 Å². The molecule has 0 bridgehead atoms. The van der Waals surface area contributed by atoms with Crippen molar-refractivity contribution < 1.29 is 19.1 Å². The van der Waals surface area contributed by atoms with Crippen LogP contribution in [0, 0.1) is 6.92 Å². The second-order valence-corrected chi connectivity index (χ2v) is 5.76. The number of ether oxygens (including phenoxy) is 1. The average molecular weight is 332 g/mol. The van der Waals surface area contributed by atoms with Crippen molar-refractivity contribution in [3.8, 4) is 5.75 Å². The van der Waals surface area contributed by atoms with E-state index in [0.29, 0.717) is 24.7 Å². The number of carbonyl (C=O) groups is 1. The molecule has 0 saturated heterocycles. The number of furan rings is 1. The highest BCUT2D eigenvalue weighted by atomic mass is 16.5. The van der Waals surface area contributed by atoms with Gasteiger partial charge >= 0.3 is 6.03 Å². The molecule has 0 radical (unpaired) electrons. The maximum Gasteiger partial charge on any atom is 0.315 e. The highest BCUT2D eigenvalue weighted by molar-refractivity contribution is 5.74. The number of nitrogens with one attached hydrogen (secondary N) is 2. The van der Waals surface area contributed by atoms with E-state index in [2.05, 4.69) is 10.6 Å². The van der Waals surface area contributed by atoms with E-state index in [9.17, 15) is 9.90 Å². The molecule has 0 spiro atoms. The molecule has 3 N–H and O–H groups in total. The topological polar surface area (TPSA) is 83.7 Å². The van der Waals surface area contributed by atoms with E-state index < -0.39 is 5.60 Å². The Kier molecular flexibility index (Phi) is 5.87. The van der Waals surface area contributed by atoms with Gasteiger partial charge in [0, 0.05) is 12.1 Å². The zero-order chi connectivity index (χ0) is 17.6. The summed E-state index contributed by atoms with van der Waals surface area (Å²) in [6.45, 7) is 6.25. The summed E-state index contributed by atoms with van der Waals surface area (Å²) in [5, 5.41) is 15.8. The lowest BCUT2D eigenvalue weighted by Crippen LogP contribution is -2.43. The summed E-state index contributed by atoms with van der Waals surface area (Å²) in [6.07, 6.45) is 0. The van der Waals surface area contributed by atoms with Crippen LogP contribution in [0.3, 0.4) is 0 Å². The lowest BCUT2D eigenvalue weighted by atomic mass is 10.0. The smallest absolute Gasteiger partial charge is 0.315 e. The summed E-state index contributed by atoms with van der Waals surface area (Å²) >= 11 is 0. The summed E-state index contributed by atoms with van der Waals surface area (Å²) in [5.74, 6) is 1.88. The molecule has 0 fully saturated rings. The number of amides is 2. The van der Waals surface area contributed by atoms with Crippen molar-refractivity contribution in [2.45, 2.75) is 32.9 Å². The molecule has 1 aromatic carbocycles. The monoisotopic (exact) mass is 332 g/mol. The third kappa shape index (κ3) is 4.76. The standard InChI is InChI=1S/C18H24N2O4/c1-4-23-15-8-6-5-7-14(15)11-19-17(21)20-12-18(3,22)16-10-9-13(2)24-16/h5-10,22H,4,11-12H2,1-3H3,(H2,19,20,21)/t18-/m1/s1. The molecule has 1 aromatic heterocycles. The summed E-state index contributed by atoms with van der Waals surface area (Å²) in [7, 11) is 0. The Bertz CT molecular complexity index is 679. The number of aliphatic hydroxyl groups is 1. The van der Waals surface area contributed by atoms with Crippen molar-refractivity contribution in [2.75, 3.05) is 13.2 Å². The van der Waals surface area contributed by atoms with Gasteiger partial charge in [-0.15, -0.1) is 0 Å². The summed E-state index contributed by atoms with van der Waals surface area (Å²) in [4.78, 5) is 12.0. The number of benzene rings is 1. The number of aryl methyl sites for hydroxylation is 1. The predicted molar refractivity (Wildman–Crippen MR) is 90.9 cm³/mol. The van der Waals surface area contributed by atoms with E-state index >= 15 is 0 Å². The van der Waals surface area contributed by atoms with Crippen LogP contribution in [0.5, 0.6) is 5.75 Å². The summed E-state index contributed by atoms with van der Waals surface area (Å²) in [6, 6.07) is 10.6. The van der Waals surface area contributed by atoms with Crippen LogP contribution in [0.25, 0.3) is 0 Å². The molecule has 0 saturated carbocycles. The summed E-state index contributed by atoms with van der Waals surface area (Å²) in [5.41, 5.74) is -0.377. The van der Waals surface area contributed by atoms with Gasteiger partial charge in [-0.05, 0) is 39.0 Å². The van der Waals surface area contributed by atoms with Crippen molar-refractivity contribution in [3.05, 3.63) is 53.5 Å². The fourth-order valence-electron chi connectivity index (χ4n) is 2.25. The molecule has 130 valence electrons. The molecule has 24 heavy (non-hydrogen) atoms. The Hall–Kier alpha value is -2.47. The van der Waals surface area contributed by atoms with E-state index in [1.165, 1.54) is 0 Å². The third-order valence-corrected chi connectivity index (χ3v) is 3.58. The van der Waals surface area contributed by atoms with Gasteiger partial charge in [0.05, 0.1) is 13.2 Å². The molecule has 0 aliphatic carbocycles. The number of hydrogen-bond donors (Lipinski definition) is 3. The van der Waals surface area contributed by atoms with Crippen LogP contribution in [0.2, 0.25) is 0 Å². The normalized spacial score (nSPS) is 13.2. The van der Waals surface area contributed by atoms with Crippen LogP contribution in [0.4, 0.5) is 4.79 Å². The van der Waals surface area contributed by atoms with Crippen molar-refractivity contribution in [1.82, 2.24) is 10.6 Å². The first-order valence-corrected chi connectivity index (χ1v) is 7.94. The molecule has 0 aliphatic heterocycles. The molecule has 1 heterocycles. The van der Waals surface area contributed by atoms with E-state index in [-0.39, 0.29) is 12.6 Å². The number of urea groups is 1. The van der Waals surface area contributed by atoms with Crippen LogP contribution in [-0.2, 0) is 12.1 Å². The molecule has 2 rings (SSSR count). The van der Waals surface area contributed by atoms with Gasteiger partial charge in [0.25, 0.3) is 0 Å². The van der Waals surface area contributed by atoms with E-state index in [1.54, 1.807) is 26.0 Å². The highest BCUT2D eigenvalue weighted by Gasteiger charge is 2.27. The van der Waals surface area contributed by atoms with Crippen molar-refractivity contribution in [2.24, 2.45) is 0 Å². The minimum atomic E-state index is -1.27. The van der Waals surface area contributed by atoms with Gasteiger partial charge in [0.15, 0.2) is 0 Å². The number of rotatable bonds is 7. The Morgan fingerprint density at radius 2 is 2.00 bits per heavy atom. The fourth-order valence-corrected chi connectivity index (χ4v) is 2.25. The van der Waals surface area contributed by atoms with Gasteiger partial charge in [0.2, 0.25) is 0 Å². The highest BCUT2D eigenvalue weighted by Crippen LogP contribution is 2.22. The minimum Gasteiger partial charge on any atom is -0.494 e. The summed E-state index contributed by atoms with van der Waals surface area (Å²) < 4.78 is 10.9. The van der Waals surface area contributed by atoms with Crippen molar-refractivity contribution in [1.29, 1.82) is 0 Å². The molecule has 2 aromatic rings. The fraction of sp³-hybridized carbons (Fsp3) is 0.389. The Balaban J connectivity index is 1.86. The second-order valence-electron chi connectivity index (χ2n) is 5.76. The first-order valence-electron chi connectivity index (χ1n) is 7.94. The lowest BCUT2D eigenvalue weighted by Gasteiger charge is -2.21. The molecule has 1 atom stereocenters. The minimum absolute atomic E-state index is 0.0406. The number of hydrogen-bond acceptors (Lipinski definition) is 4. The van der Waals surface area contributed by atoms with E-state index in [0.717, 1.165) is 11.3 Å². The van der Waals surface area contributed by atoms with Gasteiger partial charge in [-0.25, -0.2) is 4.79 Å². The zero-order valence-corrected chi connectivity index (χ0v) is 14.3. The van der Waals surface area contributed by atoms with Gasteiger partial charge in [0.1, 0.15) is 22.9 Å². The Labute approximate surface area is 141 Å². The molecule has 6 nitrogen and oxygen atoms in total. The van der Waals surface area contributed by atoms with Crippen LogP contribution in [-0.4, -0.2) is 24.3 Å². The van der Waals surface area contributed by atoms with Gasteiger partial charge in [-0.3, -0.25) is 0 Å². The molecule has 6 heteroatoms. The van der Waals surface area contributed by atoms with Gasteiger partial charge in [-0.1, -0.05) is 18.2 Å². The largest absolute Gasteiger partial charge is 0.494 e. The van der Waals surface area contributed by atoms with Crippen molar-refractivity contribution >= 4 is 6.03 Å². The maximum atomic E-state index is 12.0. The molecule has 2 amide bonds. The van der Waals surface area contributed by atoms with Crippen molar-refractivity contribution in [3.63, 3.8) is 0 Å². The van der Waals surface area contributed by atoms with Gasteiger partial charge < -0.3 is 24.9 Å².